The van der Waals surface area contributed by atoms with Gasteiger partial charge in [0.1, 0.15) is 24.7 Å². The number of amides is 1. The Bertz CT molecular complexity index is 916. The van der Waals surface area contributed by atoms with Gasteiger partial charge in [-0.05, 0) is 43.2 Å². The van der Waals surface area contributed by atoms with Crippen molar-refractivity contribution in [3.63, 3.8) is 0 Å². The minimum Gasteiger partial charge on any atom is -0.491 e. The van der Waals surface area contributed by atoms with Gasteiger partial charge in [0.2, 0.25) is 15.9 Å². The van der Waals surface area contributed by atoms with Crippen LogP contribution in [0.1, 0.15) is 11.1 Å². The van der Waals surface area contributed by atoms with Gasteiger partial charge in [-0.3, -0.25) is 9.10 Å². The normalized spacial score (nSPS) is 11.1. The lowest BCUT2D eigenvalue weighted by Gasteiger charge is -2.22. The van der Waals surface area contributed by atoms with Gasteiger partial charge in [0, 0.05) is 0 Å². The van der Waals surface area contributed by atoms with Crippen molar-refractivity contribution in [1.29, 1.82) is 0 Å². The number of halogens is 1. The summed E-state index contributed by atoms with van der Waals surface area (Å²) < 4.78 is 44.2. The molecule has 27 heavy (non-hydrogen) atoms. The quantitative estimate of drug-likeness (QED) is 0.698. The highest BCUT2D eigenvalue weighted by Gasteiger charge is 2.23. The Balaban J connectivity index is 1.93. The molecule has 1 amide bonds. The van der Waals surface area contributed by atoms with E-state index in [1.165, 1.54) is 18.2 Å². The Labute approximate surface area is 159 Å². The number of benzene rings is 2. The van der Waals surface area contributed by atoms with Gasteiger partial charge in [-0.1, -0.05) is 24.3 Å². The molecule has 0 aliphatic heterocycles. The zero-order valence-corrected chi connectivity index (χ0v) is 16.3. The molecule has 2 aromatic carbocycles. The first-order valence-corrected chi connectivity index (χ1v) is 10.2. The molecule has 0 fully saturated rings. The molecule has 8 heteroatoms. The molecule has 0 unspecified atom stereocenters. The van der Waals surface area contributed by atoms with E-state index in [0.717, 1.165) is 33.5 Å². The van der Waals surface area contributed by atoms with Crippen molar-refractivity contribution in [2.45, 2.75) is 13.8 Å². The maximum atomic E-state index is 13.9. The van der Waals surface area contributed by atoms with Gasteiger partial charge in [0.05, 0.1) is 18.5 Å². The summed E-state index contributed by atoms with van der Waals surface area (Å²) in [6.07, 6.45) is 0.927. The topological polar surface area (TPSA) is 75.7 Å². The molecule has 146 valence electrons. The van der Waals surface area contributed by atoms with E-state index in [4.69, 9.17) is 4.74 Å². The lowest BCUT2D eigenvalue weighted by molar-refractivity contribution is -0.119. The van der Waals surface area contributed by atoms with Crippen LogP contribution in [0.15, 0.2) is 42.5 Å². The van der Waals surface area contributed by atoms with Gasteiger partial charge in [0.15, 0.2) is 0 Å². The molecule has 0 saturated carbocycles. The van der Waals surface area contributed by atoms with Gasteiger partial charge in [0.25, 0.3) is 0 Å². The molecule has 6 nitrogen and oxygen atoms in total. The summed E-state index contributed by atoms with van der Waals surface area (Å²) in [6.45, 7) is 3.79. The minimum atomic E-state index is -3.82. The third kappa shape index (κ3) is 5.96. The monoisotopic (exact) mass is 394 g/mol. The van der Waals surface area contributed by atoms with Gasteiger partial charge >= 0.3 is 0 Å². The Kier molecular flexibility index (Phi) is 6.79. The number of carbonyl (C=O) groups excluding carboxylic acids is 1. The highest BCUT2D eigenvalue weighted by atomic mass is 32.2. The lowest BCUT2D eigenvalue weighted by atomic mass is 10.1. The zero-order valence-electron chi connectivity index (χ0n) is 15.5. The van der Waals surface area contributed by atoms with E-state index in [2.05, 4.69) is 5.32 Å². The largest absolute Gasteiger partial charge is 0.491 e. The highest BCUT2D eigenvalue weighted by Crippen LogP contribution is 2.21. The molecule has 0 aliphatic rings. The second-order valence-corrected chi connectivity index (χ2v) is 8.10. The molecule has 0 heterocycles. The summed E-state index contributed by atoms with van der Waals surface area (Å²) in [5.74, 6) is -0.532. The third-order valence-corrected chi connectivity index (χ3v) is 4.96. The SMILES string of the molecule is Cc1ccc(C)c(OCCNC(=O)CN(c2ccccc2F)S(C)(=O)=O)c1. The van der Waals surface area contributed by atoms with Crippen LogP contribution in [0.25, 0.3) is 0 Å². The fourth-order valence-electron chi connectivity index (χ4n) is 2.44. The van der Waals surface area contributed by atoms with Crippen molar-refractivity contribution in [3.05, 3.63) is 59.4 Å². The smallest absolute Gasteiger partial charge is 0.240 e. The number of anilines is 1. The van der Waals surface area contributed by atoms with E-state index < -0.39 is 28.3 Å². The number of para-hydroxylation sites is 1. The number of sulfonamides is 1. The van der Waals surface area contributed by atoms with Crippen LogP contribution in [0.2, 0.25) is 0 Å². The first kappa shape index (κ1) is 20.7. The first-order valence-electron chi connectivity index (χ1n) is 8.37. The van der Waals surface area contributed by atoms with E-state index in [1.807, 2.05) is 32.0 Å². The summed E-state index contributed by atoms with van der Waals surface area (Å²) in [6, 6.07) is 11.2. The molecule has 1 N–H and O–H groups in total. The molecule has 0 aliphatic carbocycles. The van der Waals surface area contributed by atoms with Gasteiger partial charge in [-0.25, -0.2) is 12.8 Å². The number of aryl methyl sites for hydroxylation is 2. The highest BCUT2D eigenvalue weighted by molar-refractivity contribution is 7.92. The zero-order chi connectivity index (χ0) is 20.0. The summed E-state index contributed by atoms with van der Waals surface area (Å²) in [4.78, 5) is 12.1. The number of hydrogen-bond donors (Lipinski definition) is 1. The predicted octanol–water partition coefficient (Wildman–Crippen LogP) is 2.40. The Morgan fingerprint density at radius 2 is 1.89 bits per heavy atom. The molecule has 0 atom stereocenters. The van der Waals surface area contributed by atoms with Crippen LogP contribution in [-0.2, 0) is 14.8 Å². The van der Waals surface area contributed by atoms with Crippen LogP contribution >= 0.6 is 0 Å². The van der Waals surface area contributed by atoms with Crippen LogP contribution in [0.3, 0.4) is 0 Å². The van der Waals surface area contributed by atoms with Crippen LogP contribution in [0.5, 0.6) is 5.75 Å². The van der Waals surface area contributed by atoms with Crippen molar-refractivity contribution in [1.82, 2.24) is 5.32 Å². The average Bonchev–Trinajstić information content (AvgIpc) is 2.59. The number of nitrogens with one attached hydrogen (secondary N) is 1. The average molecular weight is 394 g/mol. The van der Waals surface area contributed by atoms with Gasteiger partial charge in [-0.15, -0.1) is 0 Å². The van der Waals surface area contributed by atoms with Crippen LogP contribution in [-0.4, -0.2) is 40.3 Å². The van der Waals surface area contributed by atoms with Crippen molar-refractivity contribution in [2.75, 3.05) is 30.3 Å². The van der Waals surface area contributed by atoms with E-state index in [1.54, 1.807) is 0 Å². The Morgan fingerprint density at radius 3 is 2.56 bits per heavy atom. The van der Waals surface area contributed by atoms with Crippen molar-refractivity contribution < 1.29 is 22.3 Å². The molecular formula is C19H23FN2O4S. The number of nitrogens with zero attached hydrogens (tertiary/aromatic N) is 1. The van der Waals surface area contributed by atoms with Crippen molar-refractivity contribution >= 4 is 21.6 Å². The predicted molar refractivity (Wildman–Crippen MR) is 103 cm³/mol. The van der Waals surface area contributed by atoms with E-state index in [0.29, 0.717) is 0 Å². The molecule has 0 spiro atoms. The summed E-state index contributed by atoms with van der Waals surface area (Å²) in [7, 11) is -3.82. The van der Waals surface area contributed by atoms with Crippen LogP contribution in [0.4, 0.5) is 10.1 Å². The minimum absolute atomic E-state index is 0.165. The first-order chi connectivity index (χ1) is 12.7. The number of rotatable bonds is 8. The molecular weight excluding hydrogens is 371 g/mol. The van der Waals surface area contributed by atoms with E-state index in [9.17, 15) is 17.6 Å². The van der Waals surface area contributed by atoms with E-state index in [-0.39, 0.29) is 18.8 Å². The molecule has 0 aromatic heterocycles. The maximum absolute atomic E-state index is 13.9. The van der Waals surface area contributed by atoms with Crippen molar-refractivity contribution in [2.24, 2.45) is 0 Å². The Morgan fingerprint density at radius 1 is 1.19 bits per heavy atom. The van der Waals surface area contributed by atoms with Gasteiger partial charge in [-0.2, -0.15) is 0 Å². The van der Waals surface area contributed by atoms with Gasteiger partial charge < -0.3 is 10.1 Å². The number of ether oxygens (including phenoxy) is 1. The molecule has 0 saturated heterocycles. The fraction of sp³-hybridized carbons (Fsp3) is 0.316. The maximum Gasteiger partial charge on any atom is 0.240 e. The second-order valence-electron chi connectivity index (χ2n) is 6.19. The molecule has 2 aromatic rings. The molecule has 2 rings (SSSR count). The summed E-state index contributed by atoms with van der Waals surface area (Å²) >= 11 is 0. The molecule has 0 bridgehead atoms. The fourth-order valence-corrected chi connectivity index (χ4v) is 3.29. The summed E-state index contributed by atoms with van der Waals surface area (Å²) in [5.41, 5.74) is 1.88. The lowest BCUT2D eigenvalue weighted by Crippen LogP contribution is -2.41. The Hall–Kier alpha value is -2.61. The van der Waals surface area contributed by atoms with Crippen LogP contribution < -0.4 is 14.4 Å². The summed E-state index contributed by atoms with van der Waals surface area (Å²) in [5, 5.41) is 2.59. The standard InChI is InChI=1S/C19H23FN2O4S/c1-14-8-9-15(2)18(12-14)26-11-10-21-19(23)13-22(27(3,24)25)17-7-5-4-6-16(17)20/h4-9,12H,10-11,13H2,1-3H3,(H,21,23). The third-order valence-electron chi connectivity index (χ3n) is 3.83. The van der Waals surface area contributed by atoms with E-state index >= 15 is 0 Å². The van der Waals surface area contributed by atoms with Crippen molar-refractivity contribution in [3.8, 4) is 5.75 Å². The number of hydrogen-bond acceptors (Lipinski definition) is 4. The van der Waals surface area contributed by atoms with Crippen LogP contribution in [0, 0.1) is 19.7 Å². The number of carbonyl (C=O) groups is 1. The molecule has 0 radical (unpaired) electrons. The second kappa shape index (κ2) is 8.85.